The second-order valence-electron chi connectivity index (χ2n) is 5.57. The van der Waals surface area contributed by atoms with Crippen molar-refractivity contribution in [2.24, 2.45) is 0 Å². The molecule has 3 rings (SSSR count). The van der Waals surface area contributed by atoms with Crippen molar-refractivity contribution in [3.8, 4) is 0 Å². The normalized spacial score (nSPS) is 21.8. The molecule has 0 spiro atoms. The van der Waals surface area contributed by atoms with E-state index in [0.717, 1.165) is 0 Å². The lowest BCUT2D eigenvalue weighted by molar-refractivity contribution is -0.119. The van der Waals surface area contributed by atoms with Crippen molar-refractivity contribution in [1.29, 1.82) is 0 Å². The van der Waals surface area contributed by atoms with Gasteiger partial charge in [-0.25, -0.2) is 0 Å². The fraction of sp³-hybridized carbons (Fsp3) is 0.278. The fourth-order valence-electron chi connectivity index (χ4n) is 3.31. The number of hydrogen-bond donors (Lipinski definition) is 1. The Kier molecular flexibility index (Phi) is 3.31. The molecule has 1 heterocycles. The van der Waals surface area contributed by atoms with Crippen molar-refractivity contribution in [2.75, 3.05) is 0 Å². The first-order valence-corrected chi connectivity index (χ1v) is 7.07. The van der Waals surface area contributed by atoms with Gasteiger partial charge in [-0.2, -0.15) is 0 Å². The van der Waals surface area contributed by atoms with E-state index >= 15 is 0 Å². The first-order valence-electron chi connectivity index (χ1n) is 7.07. The summed E-state index contributed by atoms with van der Waals surface area (Å²) in [6.45, 7) is 4.26. The molecule has 1 amide bonds. The van der Waals surface area contributed by atoms with Crippen molar-refractivity contribution in [3.63, 3.8) is 0 Å². The van der Waals surface area contributed by atoms with Crippen LogP contribution in [0.4, 0.5) is 0 Å². The summed E-state index contributed by atoms with van der Waals surface area (Å²) >= 11 is 0. The van der Waals surface area contributed by atoms with Crippen LogP contribution in [0, 0.1) is 13.8 Å². The molecule has 0 radical (unpaired) electrons. The van der Waals surface area contributed by atoms with E-state index in [0.29, 0.717) is 6.42 Å². The third kappa shape index (κ3) is 2.22. The molecule has 1 saturated heterocycles. The van der Waals surface area contributed by atoms with Gasteiger partial charge in [-0.1, -0.05) is 48.5 Å². The second kappa shape index (κ2) is 5.12. The van der Waals surface area contributed by atoms with Gasteiger partial charge in [0.05, 0.1) is 6.04 Å². The minimum Gasteiger partial charge on any atom is -0.349 e. The van der Waals surface area contributed by atoms with Crippen LogP contribution in [-0.4, -0.2) is 5.91 Å². The van der Waals surface area contributed by atoms with Gasteiger partial charge in [0, 0.05) is 12.3 Å². The first kappa shape index (κ1) is 12.9. The van der Waals surface area contributed by atoms with Gasteiger partial charge in [0.1, 0.15) is 0 Å². The molecule has 1 N–H and O–H groups in total. The van der Waals surface area contributed by atoms with Crippen LogP contribution < -0.4 is 5.32 Å². The molecule has 0 aliphatic carbocycles. The molecule has 102 valence electrons. The molecule has 1 aliphatic heterocycles. The maximum absolute atomic E-state index is 11.9. The Morgan fingerprint density at radius 3 is 2.25 bits per heavy atom. The van der Waals surface area contributed by atoms with Crippen LogP contribution in [0.1, 0.15) is 40.6 Å². The predicted molar refractivity (Wildman–Crippen MR) is 80.6 cm³/mol. The topological polar surface area (TPSA) is 29.1 Å². The van der Waals surface area contributed by atoms with Crippen LogP contribution in [0.5, 0.6) is 0 Å². The Bertz CT molecular complexity index is 613. The number of benzene rings is 2. The van der Waals surface area contributed by atoms with E-state index in [2.05, 4.69) is 49.5 Å². The van der Waals surface area contributed by atoms with Gasteiger partial charge in [-0.05, 0) is 36.1 Å². The van der Waals surface area contributed by atoms with E-state index in [1.54, 1.807) is 0 Å². The molecule has 0 saturated carbocycles. The Hall–Kier alpha value is -2.09. The summed E-state index contributed by atoms with van der Waals surface area (Å²) in [4.78, 5) is 11.9. The maximum Gasteiger partial charge on any atom is 0.221 e. The smallest absolute Gasteiger partial charge is 0.221 e. The molecule has 0 bridgehead atoms. The standard InChI is InChI=1S/C18H19NO/c1-12-7-6-8-13(2)17(12)15-11-16(20)19-18(15)14-9-4-3-5-10-14/h3-10,15,18H,11H2,1-2H3,(H,19,20). The second-order valence-corrected chi connectivity index (χ2v) is 5.57. The molecular weight excluding hydrogens is 246 g/mol. The lowest BCUT2D eigenvalue weighted by Gasteiger charge is -2.23. The van der Waals surface area contributed by atoms with Gasteiger partial charge in [-0.3, -0.25) is 4.79 Å². The van der Waals surface area contributed by atoms with Crippen LogP contribution in [0.15, 0.2) is 48.5 Å². The third-order valence-electron chi connectivity index (χ3n) is 4.20. The van der Waals surface area contributed by atoms with Crippen LogP contribution in [0.25, 0.3) is 0 Å². The van der Waals surface area contributed by atoms with Crippen LogP contribution in [0.3, 0.4) is 0 Å². The van der Waals surface area contributed by atoms with Gasteiger partial charge >= 0.3 is 0 Å². The number of hydrogen-bond acceptors (Lipinski definition) is 1. The van der Waals surface area contributed by atoms with Gasteiger partial charge in [0.2, 0.25) is 5.91 Å². The van der Waals surface area contributed by atoms with Gasteiger partial charge in [-0.15, -0.1) is 0 Å². The van der Waals surface area contributed by atoms with Gasteiger partial charge in [0.15, 0.2) is 0 Å². The van der Waals surface area contributed by atoms with Crippen molar-refractivity contribution in [3.05, 3.63) is 70.8 Å². The summed E-state index contributed by atoms with van der Waals surface area (Å²) in [6.07, 6.45) is 0.575. The average molecular weight is 265 g/mol. The SMILES string of the molecule is Cc1cccc(C)c1C1CC(=O)NC1c1ccccc1. The number of aryl methyl sites for hydroxylation is 2. The number of carbonyl (C=O) groups excluding carboxylic acids is 1. The van der Waals surface area contributed by atoms with Crippen molar-refractivity contribution >= 4 is 5.91 Å². The largest absolute Gasteiger partial charge is 0.349 e. The molecule has 2 unspecified atom stereocenters. The summed E-state index contributed by atoms with van der Waals surface area (Å²) in [5, 5.41) is 3.13. The summed E-state index contributed by atoms with van der Waals surface area (Å²) in [6, 6.07) is 16.7. The Balaban J connectivity index is 2.05. The zero-order valence-electron chi connectivity index (χ0n) is 11.9. The van der Waals surface area contributed by atoms with E-state index in [-0.39, 0.29) is 17.9 Å². The molecule has 2 heteroatoms. The van der Waals surface area contributed by atoms with Gasteiger partial charge < -0.3 is 5.32 Å². The van der Waals surface area contributed by atoms with Crippen molar-refractivity contribution in [2.45, 2.75) is 32.2 Å². The monoisotopic (exact) mass is 265 g/mol. The lowest BCUT2D eigenvalue weighted by atomic mass is 9.83. The van der Waals surface area contributed by atoms with Crippen LogP contribution in [-0.2, 0) is 4.79 Å². The fourth-order valence-corrected chi connectivity index (χ4v) is 3.31. The average Bonchev–Trinajstić information content (AvgIpc) is 2.81. The molecule has 1 aliphatic rings. The highest BCUT2D eigenvalue weighted by Crippen LogP contribution is 2.40. The summed E-state index contributed by atoms with van der Waals surface area (Å²) in [5.74, 6) is 0.373. The van der Waals surface area contributed by atoms with E-state index in [1.807, 2.05) is 18.2 Å². The van der Waals surface area contributed by atoms with Crippen LogP contribution in [0.2, 0.25) is 0 Å². The molecule has 2 aromatic carbocycles. The highest BCUT2D eigenvalue weighted by Gasteiger charge is 2.35. The minimum absolute atomic E-state index is 0.0866. The third-order valence-corrected chi connectivity index (χ3v) is 4.20. The molecule has 2 atom stereocenters. The Morgan fingerprint density at radius 1 is 0.950 bits per heavy atom. The van der Waals surface area contributed by atoms with E-state index in [4.69, 9.17) is 0 Å². The molecule has 2 nitrogen and oxygen atoms in total. The highest BCUT2D eigenvalue weighted by molar-refractivity contribution is 5.81. The number of amides is 1. The number of carbonyl (C=O) groups is 1. The molecule has 20 heavy (non-hydrogen) atoms. The molecular formula is C18H19NO. The lowest BCUT2D eigenvalue weighted by Crippen LogP contribution is -2.20. The van der Waals surface area contributed by atoms with Crippen molar-refractivity contribution in [1.82, 2.24) is 5.32 Å². The summed E-state index contributed by atoms with van der Waals surface area (Å²) in [7, 11) is 0. The van der Waals surface area contributed by atoms with E-state index in [1.165, 1.54) is 22.3 Å². The maximum atomic E-state index is 11.9. The van der Waals surface area contributed by atoms with E-state index in [9.17, 15) is 4.79 Å². The first-order chi connectivity index (χ1) is 9.66. The Labute approximate surface area is 119 Å². The van der Waals surface area contributed by atoms with Crippen molar-refractivity contribution < 1.29 is 4.79 Å². The van der Waals surface area contributed by atoms with E-state index < -0.39 is 0 Å². The predicted octanol–water partition coefficient (Wildman–Crippen LogP) is 3.65. The molecule has 0 aromatic heterocycles. The quantitative estimate of drug-likeness (QED) is 0.882. The Morgan fingerprint density at radius 2 is 1.60 bits per heavy atom. The minimum atomic E-state index is 0.0866. The highest BCUT2D eigenvalue weighted by atomic mass is 16.2. The molecule has 1 fully saturated rings. The number of rotatable bonds is 2. The summed E-state index contributed by atoms with van der Waals surface area (Å²) < 4.78 is 0. The summed E-state index contributed by atoms with van der Waals surface area (Å²) in [5.41, 5.74) is 5.05. The van der Waals surface area contributed by atoms with Gasteiger partial charge in [0.25, 0.3) is 0 Å². The zero-order chi connectivity index (χ0) is 14.1. The number of nitrogens with one attached hydrogen (secondary N) is 1. The zero-order valence-corrected chi connectivity index (χ0v) is 11.9. The van der Waals surface area contributed by atoms with Crippen LogP contribution >= 0.6 is 0 Å². The molecule has 2 aromatic rings.